The molecule has 0 aliphatic heterocycles. The molecule has 0 spiro atoms. The first kappa shape index (κ1) is 15.6. The van der Waals surface area contributed by atoms with Crippen molar-refractivity contribution < 1.29 is 18.0 Å². The summed E-state index contributed by atoms with van der Waals surface area (Å²) < 4.78 is 36.1. The van der Waals surface area contributed by atoms with Crippen LogP contribution in [-0.2, 0) is 0 Å². The van der Waals surface area contributed by atoms with Crippen LogP contribution < -0.4 is 4.74 Å². The molecule has 0 saturated carbocycles. The lowest BCUT2D eigenvalue weighted by atomic mass is 10.0. The summed E-state index contributed by atoms with van der Waals surface area (Å²) in [4.78, 5) is 7.94. The molecule has 0 unspecified atom stereocenters. The van der Waals surface area contributed by atoms with E-state index in [1.807, 2.05) is 6.07 Å². The molecule has 8 heteroatoms. The van der Waals surface area contributed by atoms with Gasteiger partial charge in [-0.3, -0.25) is 0 Å². The molecular formula is C16H10F2N4O2. The fourth-order valence-corrected chi connectivity index (χ4v) is 2.07. The zero-order valence-corrected chi connectivity index (χ0v) is 12.4. The summed E-state index contributed by atoms with van der Waals surface area (Å²) in [6.45, 7) is 1.77. The molecule has 6 nitrogen and oxygen atoms in total. The Morgan fingerprint density at radius 2 is 2.08 bits per heavy atom. The van der Waals surface area contributed by atoms with E-state index in [-0.39, 0.29) is 28.5 Å². The van der Waals surface area contributed by atoms with Gasteiger partial charge in [-0.15, -0.1) is 0 Å². The van der Waals surface area contributed by atoms with Gasteiger partial charge in [0.15, 0.2) is 5.76 Å². The van der Waals surface area contributed by atoms with Crippen LogP contribution in [0.5, 0.6) is 11.6 Å². The number of aryl methyl sites for hydroxylation is 1. The molecule has 0 N–H and O–H groups in total. The van der Waals surface area contributed by atoms with Crippen molar-refractivity contribution in [3.8, 4) is 29.0 Å². The topological polar surface area (TPSA) is 84.8 Å². The second kappa shape index (κ2) is 6.42. The van der Waals surface area contributed by atoms with E-state index in [0.29, 0.717) is 5.69 Å². The van der Waals surface area contributed by atoms with Crippen LogP contribution in [0, 0.1) is 18.3 Å². The van der Waals surface area contributed by atoms with Crippen molar-refractivity contribution in [1.29, 1.82) is 5.26 Å². The van der Waals surface area contributed by atoms with Gasteiger partial charge in [-0.25, -0.2) is 18.7 Å². The third-order valence-electron chi connectivity index (χ3n) is 3.14. The summed E-state index contributed by atoms with van der Waals surface area (Å²) in [6, 6.07) is 9.38. The fourth-order valence-electron chi connectivity index (χ4n) is 2.07. The third kappa shape index (κ3) is 3.05. The molecule has 3 aromatic rings. The maximum atomic E-state index is 12.7. The van der Waals surface area contributed by atoms with Crippen LogP contribution in [0.1, 0.15) is 23.4 Å². The van der Waals surface area contributed by atoms with Crippen molar-refractivity contribution in [1.82, 2.24) is 15.1 Å². The van der Waals surface area contributed by atoms with Crippen molar-refractivity contribution in [2.45, 2.75) is 13.3 Å². The van der Waals surface area contributed by atoms with Gasteiger partial charge in [0, 0.05) is 17.8 Å². The van der Waals surface area contributed by atoms with Crippen LogP contribution in [0.15, 0.2) is 41.2 Å². The molecule has 0 radical (unpaired) electrons. The highest BCUT2D eigenvalue weighted by atomic mass is 19.3. The summed E-state index contributed by atoms with van der Waals surface area (Å²) in [5.74, 6) is 0.514. The molecule has 0 aliphatic rings. The molecule has 24 heavy (non-hydrogen) atoms. The van der Waals surface area contributed by atoms with E-state index in [2.05, 4.69) is 15.1 Å². The number of benzene rings is 1. The van der Waals surface area contributed by atoms with Crippen LogP contribution in [0.4, 0.5) is 8.78 Å². The first-order valence-electron chi connectivity index (χ1n) is 6.83. The number of alkyl halides is 2. The molecule has 3 rings (SSSR count). The van der Waals surface area contributed by atoms with Gasteiger partial charge in [-0.1, -0.05) is 11.2 Å². The maximum Gasteiger partial charge on any atom is 0.283 e. The minimum absolute atomic E-state index is 0.0169. The minimum atomic E-state index is -2.77. The number of hydrogen-bond donors (Lipinski definition) is 0. The predicted molar refractivity (Wildman–Crippen MR) is 78.5 cm³/mol. The van der Waals surface area contributed by atoms with Crippen LogP contribution >= 0.6 is 0 Å². The number of nitrogens with zero attached hydrogens (tertiary/aromatic N) is 4. The zero-order valence-electron chi connectivity index (χ0n) is 12.4. The fraction of sp³-hybridized carbons (Fsp3) is 0.125. The van der Waals surface area contributed by atoms with Crippen LogP contribution in [0.2, 0.25) is 0 Å². The Bertz CT molecular complexity index is 918. The van der Waals surface area contributed by atoms with Gasteiger partial charge in [0.2, 0.25) is 5.88 Å². The van der Waals surface area contributed by atoms with Crippen molar-refractivity contribution >= 4 is 0 Å². The molecule has 2 heterocycles. The number of hydrogen-bond acceptors (Lipinski definition) is 6. The Morgan fingerprint density at radius 3 is 2.75 bits per heavy atom. The monoisotopic (exact) mass is 328 g/mol. The SMILES string of the molecule is Cc1cc(Oc2cccc(C#N)c2-c2cc(C(F)F)no2)ncn1. The molecule has 0 bridgehead atoms. The Morgan fingerprint density at radius 1 is 1.25 bits per heavy atom. The molecular weight excluding hydrogens is 318 g/mol. The van der Waals surface area contributed by atoms with Crippen molar-refractivity contribution in [3.05, 3.63) is 53.6 Å². The van der Waals surface area contributed by atoms with E-state index in [1.54, 1.807) is 25.1 Å². The molecule has 0 saturated heterocycles. The molecule has 0 amide bonds. The lowest BCUT2D eigenvalue weighted by molar-refractivity contribution is 0.140. The van der Waals surface area contributed by atoms with Gasteiger partial charge < -0.3 is 9.26 Å². The molecule has 0 atom stereocenters. The largest absolute Gasteiger partial charge is 0.438 e. The van der Waals surface area contributed by atoms with Crippen molar-refractivity contribution in [3.63, 3.8) is 0 Å². The predicted octanol–water partition coefficient (Wildman–Crippen LogP) is 4.04. The van der Waals surface area contributed by atoms with Crippen LogP contribution in [0.25, 0.3) is 11.3 Å². The smallest absolute Gasteiger partial charge is 0.283 e. The van der Waals surface area contributed by atoms with Gasteiger partial charge in [0.1, 0.15) is 23.8 Å². The van der Waals surface area contributed by atoms with Crippen LogP contribution in [-0.4, -0.2) is 15.1 Å². The zero-order chi connectivity index (χ0) is 17.1. The molecule has 0 aliphatic carbocycles. The van der Waals surface area contributed by atoms with E-state index in [9.17, 15) is 14.0 Å². The lowest BCUT2D eigenvalue weighted by Crippen LogP contribution is -1.94. The lowest BCUT2D eigenvalue weighted by Gasteiger charge is -2.09. The summed E-state index contributed by atoms with van der Waals surface area (Å²) in [6.07, 6.45) is -1.44. The maximum absolute atomic E-state index is 12.7. The Kier molecular flexibility index (Phi) is 4.16. The number of aromatic nitrogens is 3. The van der Waals surface area contributed by atoms with Gasteiger partial charge in [-0.2, -0.15) is 5.26 Å². The van der Waals surface area contributed by atoms with Crippen molar-refractivity contribution in [2.75, 3.05) is 0 Å². The van der Waals surface area contributed by atoms with E-state index in [1.165, 1.54) is 12.4 Å². The van der Waals surface area contributed by atoms with Gasteiger partial charge in [0.25, 0.3) is 6.43 Å². The highest BCUT2D eigenvalue weighted by molar-refractivity contribution is 5.73. The van der Waals surface area contributed by atoms with Gasteiger partial charge in [-0.05, 0) is 19.1 Å². The molecule has 1 aromatic carbocycles. The average molecular weight is 328 g/mol. The van der Waals surface area contributed by atoms with Gasteiger partial charge >= 0.3 is 0 Å². The van der Waals surface area contributed by atoms with E-state index in [0.717, 1.165) is 6.07 Å². The van der Waals surface area contributed by atoms with E-state index < -0.39 is 12.1 Å². The second-order valence-corrected chi connectivity index (χ2v) is 4.81. The highest BCUT2D eigenvalue weighted by Crippen LogP contribution is 2.37. The number of ether oxygens (including phenoxy) is 1. The Balaban J connectivity index is 2.08. The highest BCUT2D eigenvalue weighted by Gasteiger charge is 2.21. The second-order valence-electron chi connectivity index (χ2n) is 4.81. The number of halogens is 2. The summed E-state index contributed by atoms with van der Waals surface area (Å²) in [5.41, 5.74) is 0.616. The van der Waals surface area contributed by atoms with Crippen LogP contribution in [0.3, 0.4) is 0 Å². The Hall–Kier alpha value is -3.34. The number of nitriles is 1. The number of rotatable bonds is 4. The van der Waals surface area contributed by atoms with Crippen molar-refractivity contribution in [2.24, 2.45) is 0 Å². The normalized spacial score (nSPS) is 10.6. The molecule has 0 fully saturated rings. The first-order valence-corrected chi connectivity index (χ1v) is 6.83. The summed E-state index contributed by atoms with van der Waals surface area (Å²) in [7, 11) is 0. The molecule has 120 valence electrons. The Labute approximate surface area is 135 Å². The first-order chi connectivity index (χ1) is 11.6. The molecule has 2 aromatic heterocycles. The minimum Gasteiger partial charge on any atom is -0.438 e. The summed E-state index contributed by atoms with van der Waals surface area (Å²) >= 11 is 0. The summed E-state index contributed by atoms with van der Waals surface area (Å²) in [5, 5.41) is 12.6. The standard InChI is InChI=1S/C16H10F2N4O2/c1-9-5-14(21-8-20-9)23-12-4-2-3-10(7-19)15(12)13-6-11(16(17)18)22-24-13/h2-6,8,16H,1H3. The van der Waals surface area contributed by atoms with E-state index in [4.69, 9.17) is 9.26 Å². The van der Waals surface area contributed by atoms with Gasteiger partial charge in [0.05, 0.1) is 11.1 Å². The average Bonchev–Trinajstić information content (AvgIpc) is 3.04. The third-order valence-corrected chi connectivity index (χ3v) is 3.14. The van der Waals surface area contributed by atoms with E-state index >= 15 is 0 Å². The quantitative estimate of drug-likeness (QED) is 0.718.